The molecular weight excluding hydrogens is 353 g/mol. The van der Waals surface area contributed by atoms with Gasteiger partial charge in [0.2, 0.25) is 0 Å². The van der Waals surface area contributed by atoms with Gasteiger partial charge in [0.15, 0.2) is 5.96 Å². The highest BCUT2D eigenvalue weighted by atomic mass is 19.4. The highest BCUT2D eigenvalue weighted by Gasteiger charge is 2.26. The molecule has 1 aromatic rings. The molecule has 0 spiro atoms. The van der Waals surface area contributed by atoms with Crippen molar-refractivity contribution >= 4 is 5.96 Å². The van der Waals surface area contributed by atoms with Gasteiger partial charge in [-0.2, -0.15) is 13.2 Å². The van der Waals surface area contributed by atoms with Crippen LogP contribution >= 0.6 is 0 Å². The first-order valence-corrected chi connectivity index (χ1v) is 9.72. The summed E-state index contributed by atoms with van der Waals surface area (Å²) in [6.45, 7) is 8.17. The quantitative estimate of drug-likeness (QED) is 0.556. The first-order valence-electron chi connectivity index (χ1n) is 9.72. The molecule has 0 saturated carbocycles. The molecule has 0 unspecified atom stereocenters. The smallest absolute Gasteiger partial charge is 0.357 e. The van der Waals surface area contributed by atoms with Crippen LogP contribution in [0.4, 0.5) is 13.2 Å². The molecule has 1 heterocycles. The van der Waals surface area contributed by atoms with Gasteiger partial charge in [-0.25, -0.2) is 0 Å². The summed E-state index contributed by atoms with van der Waals surface area (Å²) >= 11 is 0. The molecule has 2 N–H and O–H groups in total. The summed E-state index contributed by atoms with van der Waals surface area (Å²) in [5.74, 6) is 0.959. The number of benzene rings is 1. The lowest BCUT2D eigenvalue weighted by molar-refractivity contribution is -0.132. The minimum absolute atomic E-state index is 0.148. The standard InChI is InChI=1S/C20H31F3N4/c1-3-24-19(25-11-10-20(21,22)23)26-14-17-8-12-27(13-9-17)15-18-6-4-16(2)5-7-18/h4-7,17H,3,8-15H2,1-2H3,(H2,24,25,26). The number of nitrogens with one attached hydrogen (secondary N) is 2. The summed E-state index contributed by atoms with van der Waals surface area (Å²) in [5, 5.41) is 5.79. The molecule has 1 aliphatic heterocycles. The van der Waals surface area contributed by atoms with Gasteiger partial charge in [-0.1, -0.05) is 29.8 Å². The molecule has 0 aromatic heterocycles. The van der Waals surface area contributed by atoms with Crippen molar-refractivity contribution < 1.29 is 13.2 Å². The first-order chi connectivity index (χ1) is 12.9. The van der Waals surface area contributed by atoms with Gasteiger partial charge < -0.3 is 10.6 Å². The van der Waals surface area contributed by atoms with Gasteiger partial charge >= 0.3 is 6.18 Å². The van der Waals surface area contributed by atoms with E-state index >= 15 is 0 Å². The zero-order valence-electron chi connectivity index (χ0n) is 16.3. The minimum atomic E-state index is -4.14. The zero-order chi connectivity index (χ0) is 19.7. The average Bonchev–Trinajstić information content (AvgIpc) is 2.62. The number of alkyl halides is 3. The Morgan fingerprint density at radius 2 is 1.81 bits per heavy atom. The molecule has 0 bridgehead atoms. The van der Waals surface area contributed by atoms with E-state index in [-0.39, 0.29) is 6.54 Å². The van der Waals surface area contributed by atoms with E-state index in [1.807, 2.05) is 6.92 Å². The van der Waals surface area contributed by atoms with Crippen LogP contribution in [0.3, 0.4) is 0 Å². The predicted octanol–water partition coefficient (Wildman–Crippen LogP) is 3.71. The number of piperidine rings is 1. The molecule has 1 aliphatic rings. The van der Waals surface area contributed by atoms with E-state index in [1.54, 1.807) is 0 Å². The number of likely N-dealkylation sites (tertiary alicyclic amines) is 1. The lowest BCUT2D eigenvalue weighted by Crippen LogP contribution is -2.40. The van der Waals surface area contributed by atoms with Crippen LogP contribution in [0, 0.1) is 12.8 Å². The highest BCUT2D eigenvalue weighted by Crippen LogP contribution is 2.20. The van der Waals surface area contributed by atoms with Crippen molar-refractivity contribution in [1.82, 2.24) is 15.5 Å². The Hall–Kier alpha value is -1.76. The number of halogens is 3. The van der Waals surface area contributed by atoms with Gasteiger partial charge in [-0.3, -0.25) is 9.89 Å². The summed E-state index contributed by atoms with van der Waals surface area (Å²) in [6, 6.07) is 8.65. The van der Waals surface area contributed by atoms with Crippen LogP contribution < -0.4 is 10.6 Å². The molecule has 27 heavy (non-hydrogen) atoms. The molecular formula is C20H31F3N4. The number of rotatable bonds is 7. The van der Waals surface area contributed by atoms with Crippen LogP contribution in [0.2, 0.25) is 0 Å². The maximum Gasteiger partial charge on any atom is 0.390 e. The monoisotopic (exact) mass is 384 g/mol. The number of aliphatic imine (C=N–C) groups is 1. The largest absolute Gasteiger partial charge is 0.390 e. The Labute approximate surface area is 160 Å². The Kier molecular flexibility index (Phi) is 8.41. The molecule has 0 radical (unpaired) electrons. The zero-order valence-corrected chi connectivity index (χ0v) is 16.3. The second-order valence-corrected chi connectivity index (χ2v) is 7.22. The molecule has 1 fully saturated rings. The van der Waals surface area contributed by atoms with Gasteiger partial charge in [-0.15, -0.1) is 0 Å². The average molecular weight is 384 g/mol. The van der Waals surface area contributed by atoms with E-state index in [4.69, 9.17) is 0 Å². The second-order valence-electron chi connectivity index (χ2n) is 7.22. The fraction of sp³-hybridized carbons (Fsp3) is 0.650. The molecule has 1 saturated heterocycles. The minimum Gasteiger partial charge on any atom is -0.357 e. The third-order valence-electron chi connectivity index (χ3n) is 4.79. The van der Waals surface area contributed by atoms with E-state index in [9.17, 15) is 13.2 Å². The van der Waals surface area contributed by atoms with Crippen molar-refractivity contribution in [2.75, 3.05) is 32.7 Å². The van der Waals surface area contributed by atoms with Crippen LogP contribution in [-0.4, -0.2) is 49.8 Å². The van der Waals surface area contributed by atoms with Crippen LogP contribution in [-0.2, 0) is 6.54 Å². The molecule has 4 nitrogen and oxygen atoms in total. The molecule has 0 amide bonds. The van der Waals surface area contributed by atoms with E-state index in [1.165, 1.54) is 11.1 Å². The number of aryl methyl sites for hydroxylation is 1. The molecule has 7 heteroatoms. The summed E-state index contributed by atoms with van der Waals surface area (Å²) in [6.07, 6.45) is -2.86. The topological polar surface area (TPSA) is 39.7 Å². The summed E-state index contributed by atoms with van der Waals surface area (Å²) < 4.78 is 36.8. The van der Waals surface area contributed by atoms with Gasteiger partial charge in [-0.05, 0) is 51.3 Å². The summed E-state index contributed by atoms with van der Waals surface area (Å²) in [4.78, 5) is 6.94. The van der Waals surface area contributed by atoms with Crippen molar-refractivity contribution in [2.24, 2.45) is 10.9 Å². The number of hydrogen-bond acceptors (Lipinski definition) is 2. The van der Waals surface area contributed by atoms with Crippen LogP contribution in [0.15, 0.2) is 29.3 Å². The lowest BCUT2D eigenvalue weighted by Gasteiger charge is -2.31. The fourth-order valence-corrected chi connectivity index (χ4v) is 3.16. The first kappa shape index (κ1) is 21.5. The highest BCUT2D eigenvalue weighted by molar-refractivity contribution is 5.79. The Morgan fingerprint density at radius 1 is 1.15 bits per heavy atom. The molecule has 1 aromatic carbocycles. The SMILES string of the molecule is CCNC(=NCC1CCN(Cc2ccc(C)cc2)CC1)NCCC(F)(F)F. The van der Waals surface area contributed by atoms with Crippen molar-refractivity contribution in [2.45, 2.75) is 45.8 Å². The number of nitrogens with zero attached hydrogens (tertiary/aromatic N) is 2. The molecule has 152 valence electrons. The number of hydrogen-bond donors (Lipinski definition) is 2. The third kappa shape index (κ3) is 8.65. The van der Waals surface area contributed by atoms with Gasteiger partial charge in [0.05, 0.1) is 6.42 Å². The van der Waals surface area contributed by atoms with E-state index in [0.717, 1.165) is 32.5 Å². The van der Waals surface area contributed by atoms with Crippen molar-refractivity contribution in [3.8, 4) is 0 Å². The lowest BCUT2D eigenvalue weighted by atomic mass is 9.96. The van der Waals surface area contributed by atoms with Crippen LogP contribution in [0.25, 0.3) is 0 Å². The molecule has 0 atom stereocenters. The van der Waals surface area contributed by atoms with Gasteiger partial charge in [0.1, 0.15) is 0 Å². The van der Waals surface area contributed by atoms with Crippen LogP contribution in [0.1, 0.15) is 37.3 Å². The van der Waals surface area contributed by atoms with Crippen molar-refractivity contribution in [1.29, 1.82) is 0 Å². The molecule has 2 rings (SSSR count). The maximum absolute atomic E-state index is 12.3. The van der Waals surface area contributed by atoms with E-state index in [0.29, 0.717) is 25.0 Å². The van der Waals surface area contributed by atoms with Crippen LogP contribution in [0.5, 0.6) is 0 Å². The van der Waals surface area contributed by atoms with Crippen molar-refractivity contribution in [3.05, 3.63) is 35.4 Å². The molecule has 0 aliphatic carbocycles. The Bertz CT molecular complexity index is 576. The van der Waals surface area contributed by atoms with E-state index in [2.05, 4.69) is 51.7 Å². The predicted molar refractivity (Wildman–Crippen MR) is 104 cm³/mol. The Morgan fingerprint density at radius 3 is 2.41 bits per heavy atom. The van der Waals surface area contributed by atoms with Crippen molar-refractivity contribution in [3.63, 3.8) is 0 Å². The summed E-state index contributed by atoms with van der Waals surface area (Å²) in [5.41, 5.74) is 2.61. The normalized spacial score (nSPS) is 17.1. The number of guanidine groups is 1. The second kappa shape index (κ2) is 10.5. The third-order valence-corrected chi connectivity index (χ3v) is 4.79. The van der Waals surface area contributed by atoms with Gasteiger partial charge in [0, 0.05) is 26.2 Å². The van der Waals surface area contributed by atoms with E-state index < -0.39 is 12.6 Å². The summed E-state index contributed by atoms with van der Waals surface area (Å²) in [7, 11) is 0. The Balaban J connectivity index is 1.73. The van der Waals surface area contributed by atoms with Gasteiger partial charge in [0.25, 0.3) is 0 Å². The fourth-order valence-electron chi connectivity index (χ4n) is 3.16. The maximum atomic E-state index is 12.3.